The molecule has 1 aromatic rings. The van der Waals surface area contributed by atoms with Crippen molar-refractivity contribution >= 4 is 17.7 Å². The van der Waals surface area contributed by atoms with Crippen LogP contribution in [0.2, 0.25) is 0 Å². The largest absolute Gasteiger partial charge is 0.481 e. The van der Waals surface area contributed by atoms with Crippen LogP contribution in [-0.4, -0.2) is 96.0 Å². The van der Waals surface area contributed by atoms with E-state index in [1.165, 1.54) is 12.5 Å². The van der Waals surface area contributed by atoms with Crippen LogP contribution in [0.25, 0.3) is 0 Å². The topological polar surface area (TPSA) is 90.4 Å². The SMILES string of the molecule is CC(=O)CCC(=O)O.CC(C)N1CCN(C(=O)c2ccc(CN3CCOCC3)cc2)CC1. The number of morpholine rings is 1. The highest BCUT2D eigenvalue weighted by Crippen LogP contribution is 2.13. The van der Waals surface area contributed by atoms with Crippen LogP contribution < -0.4 is 0 Å². The number of hydrogen-bond acceptors (Lipinski definition) is 6. The second-order valence-corrected chi connectivity index (χ2v) is 8.60. The first-order chi connectivity index (χ1) is 15.3. The summed E-state index contributed by atoms with van der Waals surface area (Å²) in [4.78, 5) is 39.3. The van der Waals surface area contributed by atoms with Gasteiger partial charge in [-0.1, -0.05) is 12.1 Å². The molecule has 1 aromatic carbocycles. The number of carbonyl (C=O) groups is 3. The Labute approximate surface area is 191 Å². The molecule has 1 amide bonds. The maximum atomic E-state index is 12.7. The van der Waals surface area contributed by atoms with Gasteiger partial charge in [-0.05, 0) is 38.5 Å². The quantitative estimate of drug-likeness (QED) is 0.685. The van der Waals surface area contributed by atoms with Gasteiger partial charge in [-0.15, -0.1) is 0 Å². The summed E-state index contributed by atoms with van der Waals surface area (Å²) in [7, 11) is 0. The van der Waals surface area contributed by atoms with Crippen LogP contribution in [0.3, 0.4) is 0 Å². The van der Waals surface area contributed by atoms with E-state index < -0.39 is 5.97 Å². The third-order valence-corrected chi connectivity index (χ3v) is 5.73. The van der Waals surface area contributed by atoms with Crippen molar-refractivity contribution in [1.82, 2.24) is 14.7 Å². The zero-order valence-electron chi connectivity index (χ0n) is 19.6. The Morgan fingerprint density at radius 2 is 1.53 bits per heavy atom. The lowest BCUT2D eigenvalue weighted by atomic mass is 10.1. The molecule has 0 bridgehead atoms. The van der Waals surface area contributed by atoms with Crippen molar-refractivity contribution in [3.63, 3.8) is 0 Å². The van der Waals surface area contributed by atoms with Crippen molar-refractivity contribution in [2.24, 2.45) is 0 Å². The van der Waals surface area contributed by atoms with Gasteiger partial charge < -0.3 is 19.5 Å². The van der Waals surface area contributed by atoms with Gasteiger partial charge in [0.15, 0.2) is 0 Å². The lowest BCUT2D eigenvalue weighted by molar-refractivity contribution is -0.138. The Morgan fingerprint density at radius 1 is 0.938 bits per heavy atom. The number of amides is 1. The summed E-state index contributed by atoms with van der Waals surface area (Å²) in [6, 6.07) is 8.70. The van der Waals surface area contributed by atoms with Gasteiger partial charge in [0, 0.05) is 63.8 Å². The third-order valence-electron chi connectivity index (χ3n) is 5.73. The molecule has 0 aliphatic carbocycles. The van der Waals surface area contributed by atoms with Gasteiger partial charge in [0.1, 0.15) is 5.78 Å². The van der Waals surface area contributed by atoms with E-state index in [0.717, 1.165) is 64.6 Å². The maximum absolute atomic E-state index is 12.7. The number of rotatable bonds is 7. The Morgan fingerprint density at radius 3 is 2.00 bits per heavy atom. The van der Waals surface area contributed by atoms with Gasteiger partial charge in [-0.25, -0.2) is 0 Å². The van der Waals surface area contributed by atoms with Crippen molar-refractivity contribution in [3.05, 3.63) is 35.4 Å². The fraction of sp³-hybridized carbons (Fsp3) is 0.625. The summed E-state index contributed by atoms with van der Waals surface area (Å²) in [5.74, 6) is -0.830. The monoisotopic (exact) mass is 447 g/mol. The lowest BCUT2D eigenvalue weighted by Crippen LogP contribution is -2.50. The molecule has 32 heavy (non-hydrogen) atoms. The number of ether oxygens (including phenoxy) is 1. The fourth-order valence-corrected chi connectivity index (χ4v) is 3.68. The van der Waals surface area contributed by atoms with Crippen molar-refractivity contribution in [1.29, 1.82) is 0 Å². The summed E-state index contributed by atoms with van der Waals surface area (Å²) in [5.41, 5.74) is 2.07. The Kier molecular flexibility index (Phi) is 10.8. The normalized spacial score (nSPS) is 17.6. The lowest BCUT2D eigenvalue weighted by Gasteiger charge is -2.37. The van der Waals surface area contributed by atoms with Crippen molar-refractivity contribution in [2.45, 2.75) is 46.2 Å². The van der Waals surface area contributed by atoms with E-state index in [1.807, 2.05) is 17.0 Å². The van der Waals surface area contributed by atoms with Gasteiger partial charge in [0.05, 0.1) is 19.6 Å². The van der Waals surface area contributed by atoms with Crippen LogP contribution in [0.1, 0.15) is 49.5 Å². The number of benzene rings is 1. The van der Waals surface area contributed by atoms with E-state index in [0.29, 0.717) is 6.04 Å². The Bertz CT molecular complexity index is 723. The predicted octanol–water partition coefficient (Wildman–Crippen LogP) is 2.13. The minimum atomic E-state index is -0.916. The van der Waals surface area contributed by atoms with Crippen LogP contribution in [-0.2, 0) is 20.9 Å². The molecule has 0 atom stereocenters. The highest BCUT2D eigenvalue weighted by molar-refractivity contribution is 5.94. The van der Waals surface area contributed by atoms with E-state index in [4.69, 9.17) is 9.84 Å². The zero-order valence-corrected chi connectivity index (χ0v) is 19.6. The standard InChI is InChI=1S/C19H29N3O2.C5H8O3/c1-16(2)21-7-9-22(10-8-21)19(23)18-5-3-17(4-6-18)15-20-11-13-24-14-12-20;1-4(6)2-3-5(7)8/h3-6,16H,7-15H2,1-2H3;2-3H2,1H3,(H,7,8). The van der Waals surface area contributed by atoms with Gasteiger partial charge in [-0.2, -0.15) is 0 Å². The molecular weight excluding hydrogens is 410 g/mol. The second-order valence-electron chi connectivity index (χ2n) is 8.60. The van der Waals surface area contributed by atoms with E-state index in [9.17, 15) is 14.4 Å². The number of aliphatic carboxylic acids is 1. The average molecular weight is 448 g/mol. The molecule has 8 heteroatoms. The molecule has 3 rings (SSSR count). The summed E-state index contributed by atoms with van der Waals surface area (Å²) >= 11 is 0. The van der Waals surface area contributed by atoms with Gasteiger partial charge >= 0.3 is 5.97 Å². The smallest absolute Gasteiger partial charge is 0.303 e. The van der Waals surface area contributed by atoms with E-state index in [-0.39, 0.29) is 24.5 Å². The summed E-state index contributed by atoms with van der Waals surface area (Å²) < 4.78 is 5.38. The van der Waals surface area contributed by atoms with E-state index in [2.05, 4.69) is 35.8 Å². The van der Waals surface area contributed by atoms with Crippen LogP contribution in [0.5, 0.6) is 0 Å². The van der Waals surface area contributed by atoms with Gasteiger partial charge in [0.2, 0.25) is 0 Å². The highest BCUT2D eigenvalue weighted by atomic mass is 16.5. The number of carbonyl (C=O) groups excluding carboxylic acids is 2. The summed E-state index contributed by atoms with van der Waals surface area (Å²) in [6.45, 7) is 13.9. The molecule has 178 valence electrons. The number of carboxylic acid groups (broad SMARTS) is 1. The highest BCUT2D eigenvalue weighted by Gasteiger charge is 2.23. The van der Waals surface area contributed by atoms with Crippen LogP contribution in [0, 0.1) is 0 Å². The number of nitrogens with zero attached hydrogens (tertiary/aromatic N) is 3. The minimum Gasteiger partial charge on any atom is -0.481 e. The molecule has 2 heterocycles. The number of Topliss-reactive ketones (excluding diaryl/α,β-unsaturated/α-hetero) is 1. The molecule has 0 saturated carbocycles. The number of piperazine rings is 1. The number of hydrogen-bond donors (Lipinski definition) is 1. The average Bonchev–Trinajstić information content (AvgIpc) is 2.79. The molecule has 2 saturated heterocycles. The molecule has 0 spiro atoms. The molecule has 0 radical (unpaired) electrons. The first-order valence-electron chi connectivity index (χ1n) is 11.4. The Balaban J connectivity index is 0.000000390. The summed E-state index contributed by atoms with van der Waals surface area (Å²) in [6.07, 6.45) is 0.102. The molecular formula is C24H37N3O5. The van der Waals surface area contributed by atoms with Gasteiger partial charge in [-0.3, -0.25) is 19.4 Å². The van der Waals surface area contributed by atoms with Crippen LogP contribution in [0.15, 0.2) is 24.3 Å². The summed E-state index contributed by atoms with van der Waals surface area (Å²) in [5, 5.41) is 8.01. The minimum absolute atomic E-state index is 0.0463. The van der Waals surface area contributed by atoms with E-state index in [1.54, 1.807) is 0 Å². The number of carboxylic acids is 1. The number of ketones is 1. The predicted molar refractivity (Wildman–Crippen MR) is 123 cm³/mol. The van der Waals surface area contributed by atoms with Crippen molar-refractivity contribution in [2.75, 3.05) is 52.5 Å². The van der Waals surface area contributed by atoms with E-state index >= 15 is 0 Å². The maximum Gasteiger partial charge on any atom is 0.303 e. The first-order valence-corrected chi connectivity index (χ1v) is 11.4. The Hall–Kier alpha value is -2.29. The first kappa shape index (κ1) is 26.0. The molecule has 0 aromatic heterocycles. The van der Waals surface area contributed by atoms with Crippen LogP contribution >= 0.6 is 0 Å². The third kappa shape index (κ3) is 9.06. The van der Waals surface area contributed by atoms with Gasteiger partial charge in [0.25, 0.3) is 5.91 Å². The van der Waals surface area contributed by atoms with Crippen molar-refractivity contribution in [3.8, 4) is 0 Å². The van der Waals surface area contributed by atoms with Crippen LogP contribution in [0.4, 0.5) is 0 Å². The molecule has 2 fully saturated rings. The molecule has 0 unspecified atom stereocenters. The molecule has 8 nitrogen and oxygen atoms in total. The molecule has 1 N–H and O–H groups in total. The van der Waals surface area contributed by atoms with Crippen molar-refractivity contribution < 1.29 is 24.2 Å². The molecule has 2 aliphatic rings. The zero-order chi connectivity index (χ0) is 23.5. The second kappa shape index (κ2) is 13.3. The fourth-order valence-electron chi connectivity index (χ4n) is 3.68. The molecule has 2 aliphatic heterocycles.